The largest absolute Gasteiger partial charge is 0.417 e. The van der Waals surface area contributed by atoms with Crippen LogP contribution in [-0.2, 0) is 6.18 Å². The van der Waals surface area contributed by atoms with Crippen molar-refractivity contribution in [1.29, 1.82) is 0 Å². The summed E-state index contributed by atoms with van der Waals surface area (Å²) >= 11 is 0. The topological polar surface area (TPSA) is 72.0 Å². The van der Waals surface area contributed by atoms with Crippen molar-refractivity contribution in [3.05, 3.63) is 59.4 Å². The van der Waals surface area contributed by atoms with Crippen LogP contribution in [0.3, 0.4) is 0 Å². The first-order chi connectivity index (χ1) is 10.3. The van der Waals surface area contributed by atoms with Crippen LogP contribution in [0.1, 0.15) is 26.3 Å². The third kappa shape index (κ3) is 3.43. The molecule has 0 atom stereocenters. The Morgan fingerprint density at radius 1 is 1.05 bits per heavy atom. The van der Waals surface area contributed by atoms with E-state index < -0.39 is 34.9 Å². The normalized spacial score (nSPS) is 11.1. The SMILES string of the molecule is O=C(NC(=O)c1cnccc1C(F)(F)F)c1cncc(F)c1. The van der Waals surface area contributed by atoms with Crippen LogP contribution in [0.5, 0.6) is 0 Å². The molecular formula is C13H7F4N3O2. The van der Waals surface area contributed by atoms with Crippen molar-refractivity contribution in [2.45, 2.75) is 6.18 Å². The van der Waals surface area contributed by atoms with Gasteiger partial charge in [0.2, 0.25) is 0 Å². The number of rotatable bonds is 2. The number of carbonyl (C=O) groups is 2. The van der Waals surface area contributed by atoms with E-state index in [1.54, 1.807) is 5.32 Å². The van der Waals surface area contributed by atoms with Crippen molar-refractivity contribution in [3.63, 3.8) is 0 Å². The van der Waals surface area contributed by atoms with E-state index in [2.05, 4.69) is 9.97 Å². The van der Waals surface area contributed by atoms with Gasteiger partial charge in [-0.2, -0.15) is 13.2 Å². The maximum absolute atomic E-state index is 12.9. The molecule has 0 saturated heterocycles. The number of imide groups is 1. The summed E-state index contributed by atoms with van der Waals surface area (Å²) < 4.78 is 51.2. The molecule has 0 aliphatic heterocycles. The number of aromatic nitrogens is 2. The summed E-state index contributed by atoms with van der Waals surface area (Å²) in [6.07, 6.45) is -1.41. The lowest BCUT2D eigenvalue weighted by Crippen LogP contribution is -2.32. The van der Waals surface area contributed by atoms with E-state index in [4.69, 9.17) is 0 Å². The quantitative estimate of drug-likeness (QED) is 0.681. The Morgan fingerprint density at radius 2 is 1.77 bits per heavy atom. The van der Waals surface area contributed by atoms with Crippen molar-refractivity contribution < 1.29 is 27.2 Å². The molecule has 0 aliphatic carbocycles. The molecule has 2 rings (SSSR count). The highest BCUT2D eigenvalue weighted by atomic mass is 19.4. The number of carbonyl (C=O) groups excluding carboxylic acids is 2. The van der Waals surface area contributed by atoms with Gasteiger partial charge >= 0.3 is 6.18 Å². The molecule has 0 saturated carbocycles. The van der Waals surface area contributed by atoms with E-state index in [0.29, 0.717) is 12.3 Å². The van der Waals surface area contributed by atoms with Gasteiger partial charge in [0.25, 0.3) is 11.8 Å². The van der Waals surface area contributed by atoms with Crippen LogP contribution >= 0.6 is 0 Å². The Balaban J connectivity index is 2.25. The van der Waals surface area contributed by atoms with E-state index in [0.717, 1.165) is 24.7 Å². The first kappa shape index (κ1) is 15.5. The van der Waals surface area contributed by atoms with E-state index >= 15 is 0 Å². The molecule has 5 nitrogen and oxygen atoms in total. The number of halogens is 4. The summed E-state index contributed by atoms with van der Waals surface area (Å²) in [5.74, 6) is -3.19. The van der Waals surface area contributed by atoms with Gasteiger partial charge in [-0.05, 0) is 12.1 Å². The second-order valence-electron chi connectivity index (χ2n) is 4.09. The fourth-order valence-electron chi connectivity index (χ4n) is 1.60. The predicted octanol–water partition coefficient (Wildman–Crippen LogP) is 2.20. The van der Waals surface area contributed by atoms with Crippen LogP contribution in [0.4, 0.5) is 17.6 Å². The number of hydrogen-bond donors (Lipinski definition) is 1. The minimum absolute atomic E-state index is 0.300. The van der Waals surface area contributed by atoms with Gasteiger partial charge in [-0.25, -0.2) is 4.39 Å². The molecule has 1 N–H and O–H groups in total. The zero-order chi connectivity index (χ0) is 16.3. The minimum Gasteiger partial charge on any atom is -0.288 e. The summed E-state index contributed by atoms with van der Waals surface area (Å²) in [5, 5.41) is 1.73. The molecular weight excluding hydrogens is 306 g/mol. The standard InChI is InChI=1S/C13H7F4N3O2/c14-8-3-7(4-19-5-8)11(21)20-12(22)9-6-18-2-1-10(9)13(15,16)17/h1-6H,(H,20,21,22). The highest BCUT2D eigenvalue weighted by Crippen LogP contribution is 2.31. The Bertz CT molecular complexity index is 731. The van der Waals surface area contributed by atoms with Gasteiger partial charge in [0.15, 0.2) is 0 Å². The maximum atomic E-state index is 12.9. The van der Waals surface area contributed by atoms with E-state index in [1.807, 2.05) is 0 Å². The Hall–Kier alpha value is -2.84. The highest BCUT2D eigenvalue weighted by Gasteiger charge is 2.35. The molecule has 0 aliphatic rings. The van der Waals surface area contributed by atoms with Crippen LogP contribution in [0.2, 0.25) is 0 Å². The van der Waals surface area contributed by atoms with Gasteiger partial charge in [-0.15, -0.1) is 0 Å². The number of hydrogen-bond acceptors (Lipinski definition) is 4. The second-order valence-corrected chi connectivity index (χ2v) is 4.09. The molecule has 0 bridgehead atoms. The number of alkyl halides is 3. The van der Waals surface area contributed by atoms with E-state index in [1.165, 1.54) is 0 Å². The van der Waals surface area contributed by atoms with Gasteiger partial charge in [-0.3, -0.25) is 24.9 Å². The van der Waals surface area contributed by atoms with Gasteiger partial charge in [0.1, 0.15) is 5.82 Å². The van der Waals surface area contributed by atoms with E-state index in [-0.39, 0.29) is 5.56 Å². The van der Waals surface area contributed by atoms with Crippen molar-refractivity contribution in [2.75, 3.05) is 0 Å². The van der Waals surface area contributed by atoms with Gasteiger partial charge in [-0.1, -0.05) is 0 Å². The molecule has 0 radical (unpaired) electrons. The molecule has 2 amide bonds. The average molecular weight is 313 g/mol. The molecule has 0 aromatic carbocycles. The van der Waals surface area contributed by atoms with Crippen LogP contribution in [-0.4, -0.2) is 21.8 Å². The van der Waals surface area contributed by atoms with Crippen molar-refractivity contribution in [2.24, 2.45) is 0 Å². The molecule has 22 heavy (non-hydrogen) atoms. The Kier molecular flexibility index (Phi) is 4.15. The van der Waals surface area contributed by atoms with Crippen LogP contribution in [0, 0.1) is 5.82 Å². The predicted molar refractivity (Wildman–Crippen MR) is 65.2 cm³/mol. The van der Waals surface area contributed by atoms with Crippen LogP contribution in [0.25, 0.3) is 0 Å². The Labute approximate surface area is 121 Å². The van der Waals surface area contributed by atoms with Crippen molar-refractivity contribution in [3.8, 4) is 0 Å². The smallest absolute Gasteiger partial charge is 0.288 e. The van der Waals surface area contributed by atoms with E-state index in [9.17, 15) is 27.2 Å². The summed E-state index contributed by atoms with van der Waals surface area (Å²) in [7, 11) is 0. The summed E-state index contributed by atoms with van der Waals surface area (Å²) in [4.78, 5) is 30.3. The summed E-state index contributed by atoms with van der Waals surface area (Å²) in [6, 6.07) is 1.41. The lowest BCUT2D eigenvalue weighted by molar-refractivity contribution is -0.138. The van der Waals surface area contributed by atoms with Crippen LogP contribution < -0.4 is 5.32 Å². The molecule has 0 fully saturated rings. The van der Waals surface area contributed by atoms with Gasteiger partial charge in [0, 0.05) is 18.6 Å². The monoisotopic (exact) mass is 313 g/mol. The molecule has 0 spiro atoms. The van der Waals surface area contributed by atoms with Gasteiger partial charge in [0.05, 0.1) is 22.9 Å². The fourth-order valence-corrected chi connectivity index (χ4v) is 1.60. The Morgan fingerprint density at radius 3 is 2.41 bits per heavy atom. The number of amides is 2. The summed E-state index contributed by atoms with van der Waals surface area (Å²) in [5.41, 5.74) is -2.34. The first-order valence-corrected chi connectivity index (χ1v) is 5.76. The average Bonchev–Trinajstić information content (AvgIpc) is 2.46. The third-order valence-electron chi connectivity index (χ3n) is 2.57. The molecule has 114 valence electrons. The van der Waals surface area contributed by atoms with Crippen LogP contribution in [0.15, 0.2) is 36.9 Å². The van der Waals surface area contributed by atoms with Gasteiger partial charge < -0.3 is 0 Å². The maximum Gasteiger partial charge on any atom is 0.417 e. The van der Waals surface area contributed by atoms with Crippen molar-refractivity contribution in [1.82, 2.24) is 15.3 Å². The molecule has 2 aromatic rings. The molecule has 2 heterocycles. The lowest BCUT2D eigenvalue weighted by Gasteiger charge is -2.11. The minimum atomic E-state index is -4.78. The fraction of sp³-hybridized carbons (Fsp3) is 0.0769. The lowest BCUT2D eigenvalue weighted by atomic mass is 10.1. The van der Waals surface area contributed by atoms with Crippen molar-refractivity contribution >= 4 is 11.8 Å². The zero-order valence-corrected chi connectivity index (χ0v) is 10.7. The summed E-state index contributed by atoms with van der Waals surface area (Å²) in [6.45, 7) is 0. The molecule has 0 unspecified atom stereocenters. The number of nitrogens with one attached hydrogen (secondary N) is 1. The first-order valence-electron chi connectivity index (χ1n) is 5.76. The second kappa shape index (κ2) is 5.88. The zero-order valence-electron chi connectivity index (χ0n) is 10.7. The molecule has 9 heteroatoms. The highest BCUT2D eigenvalue weighted by molar-refractivity contribution is 6.10. The number of nitrogens with zero attached hydrogens (tertiary/aromatic N) is 2. The third-order valence-corrected chi connectivity index (χ3v) is 2.57. The number of pyridine rings is 2. The molecule has 2 aromatic heterocycles.